The number of nitrogens with zero attached hydrogens (tertiary/aromatic N) is 3. The van der Waals surface area contributed by atoms with Crippen molar-refractivity contribution in [2.45, 2.75) is 33.2 Å². The Kier molecular flexibility index (Phi) is 4.84. The summed E-state index contributed by atoms with van der Waals surface area (Å²) in [5, 5.41) is 6.45. The first-order valence-corrected chi connectivity index (χ1v) is 8.41. The van der Waals surface area contributed by atoms with Crippen LogP contribution in [0.5, 0.6) is 0 Å². The number of nitrogens with one attached hydrogen (secondary N) is 2. The van der Waals surface area contributed by atoms with Crippen LogP contribution in [0.25, 0.3) is 11.3 Å². The molecule has 6 heteroatoms. The Morgan fingerprint density at radius 2 is 1.69 bits per heavy atom. The van der Waals surface area contributed by atoms with Gasteiger partial charge in [-0.15, -0.1) is 0 Å². The third-order valence-corrected chi connectivity index (χ3v) is 3.63. The molecule has 0 spiro atoms. The lowest BCUT2D eigenvalue weighted by Gasteiger charge is -2.21. The van der Waals surface area contributed by atoms with Gasteiger partial charge in [-0.25, -0.2) is 9.37 Å². The molecule has 0 saturated heterocycles. The van der Waals surface area contributed by atoms with E-state index in [1.165, 1.54) is 6.07 Å². The molecule has 0 atom stereocenters. The number of benzene rings is 1. The highest BCUT2D eigenvalue weighted by molar-refractivity contribution is 5.67. The maximum Gasteiger partial charge on any atom is 0.225 e. The molecule has 0 amide bonds. The molecule has 2 aromatic heterocycles. The van der Waals surface area contributed by atoms with E-state index in [2.05, 4.69) is 25.6 Å². The van der Waals surface area contributed by atoms with Crippen molar-refractivity contribution in [3.8, 4) is 11.3 Å². The zero-order valence-electron chi connectivity index (χ0n) is 15.3. The molecule has 5 nitrogen and oxygen atoms in total. The molecule has 1 aromatic carbocycles. The van der Waals surface area contributed by atoms with Crippen molar-refractivity contribution in [3.05, 3.63) is 60.2 Å². The topological polar surface area (TPSA) is 62.7 Å². The van der Waals surface area contributed by atoms with Crippen LogP contribution in [0.3, 0.4) is 0 Å². The van der Waals surface area contributed by atoms with Crippen LogP contribution in [0.2, 0.25) is 0 Å². The Morgan fingerprint density at radius 1 is 0.962 bits per heavy atom. The zero-order valence-corrected chi connectivity index (χ0v) is 15.3. The molecule has 0 radical (unpaired) electrons. The fourth-order valence-corrected chi connectivity index (χ4v) is 2.39. The average Bonchev–Trinajstić information content (AvgIpc) is 2.57. The molecule has 0 aliphatic rings. The van der Waals surface area contributed by atoms with Gasteiger partial charge in [-0.3, -0.25) is 4.98 Å². The fourth-order valence-electron chi connectivity index (χ4n) is 2.39. The molecule has 0 bridgehead atoms. The second-order valence-electron chi connectivity index (χ2n) is 7.16. The largest absolute Gasteiger partial charge is 0.350 e. The maximum atomic E-state index is 13.8. The van der Waals surface area contributed by atoms with E-state index >= 15 is 0 Å². The molecule has 2 N–H and O–H groups in total. The molecule has 0 aliphatic heterocycles. The Hall–Kier alpha value is -3.02. The van der Waals surface area contributed by atoms with Crippen LogP contribution >= 0.6 is 0 Å². The van der Waals surface area contributed by atoms with Crippen molar-refractivity contribution in [1.29, 1.82) is 0 Å². The van der Waals surface area contributed by atoms with Gasteiger partial charge in [-0.05, 0) is 57.5 Å². The normalized spacial score (nSPS) is 11.3. The Bertz CT molecular complexity index is 904. The Labute approximate surface area is 152 Å². The number of pyridine rings is 1. The number of halogens is 1. The first-order chi connectivity index (χ1) is 12.3. The third kappa shape index (κ3) is 4.53. The molecule has 0 aliphatic carbocycles. The minimum Gasteiger partial charge on any atom is -0.350 e. The van der Waals surface area contributed by atoms with E-state index in [4.69, 9.17) is 0 Å². The molecule has 0 fully saturated rings. The lowest BCUT2D eigenvalue weighted by Crippen LogP contribution is -2.27. The molecule has 2 heterocycles. The highest BCUT2D eigenvalue weighted by Gasteiger charge is 2.14. The van der Waals surface area contributed by atoms with Crippen molar-refractivity contribution < 1.29 is 4.39 Å². The van der Waals surface area contributed by atoms with Gasteiger partial charge in [0.05, 0.1) is 5.69 Å². The molecule has 0 unspecified atom stereocenters. The Morgan fingerprint density at radius 3 is 2.35 bits per heavy atom. The minimum atomic E-state index is -0.258. The lowest BCUT2D eigenvalue weighted by molar-refractivity contribution is 0.619. The SMILES string of the molecule is Cc1ccc(Nc2cc(-c3ccncc3)nc(NC(C)(C)C)n2)cc1F. The summed E-state index contributed by atoms with van der Waals surface area (Å²) in [6, 6.07) is 10.6. The third-order valence-electron chi connectivity index (χ3n) is 3.63. The summed E-state index contributed by atoms with van der Waals surface area (Å²) < 4.78 is 13.8. The number of aromatic nitrogens is 3. The van der Waals surface area contributed by atoms with Gasteiger partial charge in [0, 0.05) is 35.2 Å². The monoisotopic (exact) mass is 351 g/mol. The molecule has 3 aromatic rings. The molecule has 134 valence electrons. The number of rotatable bonds is 4. The van der Waals surface area contributed by atoms with Crippen LogP contribution in [0, 0.1) is 12.7 Å². The molecule has 26 heavy (non-hydrogen) atoms. The number of anilines is 3. The summed E-state index contributed by atoms with van der Waals surface area (Å²) in [7, 11) is 0. The Balaban J connectivity index is 2.00. The van der Waals surface area contributed by atoms with Crippen molar-refractivity contribution in [2.75, 3.05) is 10.6 Å². The maximum absolute atomic E-state index is 13.8. The number of aryl methyl sites for hydroxylation is 1. The van der Waals surface area contributed by atoms with Gasteiger partial charge in [-0.2, -0.15) is 4.98 Å². The van der Waals surface area contributed by atoms with Crippen LogP contribution in [-0.2, 0) is 0 Å². The van der Waals surface area contributed by atoms with E-state index in [-0.39, 0.29) is 11.4 Å². The van der Waals surface area contributed by atoms with Crippen molar-refractivity contribution in [1.82, 2.24) is 15.0 Å². The predicted molar refractivity (Wildman–Crippen MR) is 103 cm³/mol. The lowest BCUT2D eigenvalue weighted by atomic mass is 10.1. The summed E-state index contributed by atoms with van der Waals surface area (Å²) >= 11 is 0. The van der Waals surface area contributed by atoms with Gasteiger partial charge in [-0.1, -0.05) is 6.07 Å². The fraction of sp³-hybridized carbons (Fsp3) is 0.250. The van der Waals surface area contributed by atoms with E-state index in [1.807, 2.05) is 45.0 Å². The highest BCUT2D eigenvalue weighted by atomic mass is 19.1. The first-order valence-electron chi connectivity index (χ1n) is 8.41. The van der Waals surface area contributed by atoms with E-state index in [0.717, 1.165) is 11.3 Å². The van der Waals surface area contributed by atoms with Gasteiger partial charge < -0.3 is 10.6 Å². The van der Waals surface area contributed by atoms with Crippen LogP contribution in [0.4, 0.5) is 21.8 Å². The quantitative estimate of drug-likeness (QED) is 0.697. The van der Waals surface area contributed by atoms with Gasteiger partial charge in [0.25, 0.3) is 0 Å². The summed E-state index contributed by atoms with van der Waals surface area (Å²) in [5.41, 5.74) is 2.73. The highest BCUT2D eigenvalue weighted by Crippen LogP contribution is 2.25. The molecule has 0 saturated carbocycles. The predicted octanol–water partition coefficient (Wildman–Crippen LogP) is 4.94. The zero-order chi connectivity index (χ0) is 18.7. The van der Waals surface area contributed by atoms with Gasteiger partial charge in [0.15, 0.2) is 0 Å². The molecular weight excluding hydrogens is 329 g/mol. The van der Waals surface area contributed by atoms with E-state index < -0.39 is 0 Å². The molecule has 3 rings (SSSR count). The second kappa shape index (κ2) is 7.07. The van der Waals surface area contributed by atoms with E-state index in [9.17, 15) is 4.39 Å². The molecular formula is C20H22FN5. The number of hydrogen-bond acceptors (Lipinski definition) is 5. The van der Waals surface area contributed by atoms with Crippen LogP contribution in [0.1, 0.15) is 26.3 Å². The number of hydrogen-bond donors (Lipinski definition) is 2. The average molecular weight is 351 g/mol. The summed E-state index contributed by atoms with van der Waals surface area (Å²) in [6.07, 6.45) is 3.44. The van der Waals surface area contributed by atoms with Gasteiger partial charge in [0.1, 0.15) is 11.6 Å². The summed E-state index contributed by atoms with van der Waals surface area (Å²) in [6.45, 7) is 7.85. The summed E-state index contributed by atoms with van der Waals surface area (Å²) in [4.78, 5) is 13.2. The first kappa shape index (κ1) is 17.8. The van der Waals surface area contributed by atoms with Gasteiger partial charge >= 0.3 is 0 Å². The van der Waals surface area contributed by atoms with Crippen molar-refractivity contribution >= 4 is 17.5 Å². The van der Waals surface area contributed by atoms with Crippen molar-refractivity contribution in [2.24, 2.45) is 0 Å². The second-order valence-corrected chi connectivity index (χ2v) is 7.16. The smallest absolute Gasteiger partial charge is 0.225 e. The van der Waals surface area contributed by atoms with E-state index in [0.29, 0.717) is 23.0 Å². The van der Waals surface area contributed by atoms with Crippen LogP contribution < -0.4 is 10.6 Å². The minimum absolute atomic E-state index is 0.190. The van der Waals surface area contributed by atoms with E-state index in [1.54, 1.807) is 25.4 Å². The van der Waals surface area contributed by atoms with Crippen molar-refractivity contribution in [3.63, 3.8) is 0 Å². The van der Waals surface area contributed by atoms with Gasteiger partial charge in [0.2, 0.25) is 5.95 Å². The van der Waals surface area contributed by atoms with Crippen LogP contribution in [0.15, 0.2) is 48.8 Å². The summed E-state index contributed by atoms with van der Waals surface area (Å²) in [5.74, 6) is 0.829. The standard InChI is InChI=1S/C20H22FN5/c1-13-5-6-15(11-16(13)21)23-18-12-17(14-7-9-22-10-8-14)24-19(25-18)26-20(2,3)4/h5-12H,1-4H3,(H2,23,24,25,26). The van der Waals surface area contributed by atoms with Crippen LogP contribution in [-0.4, -0.2) is 20.5 Å².